The van der Waals surface area contributed by atoms with Gasteiger partial charge in [-0.1, -0.05) is 12.1 Å². The average Bonchev–Trinajstić information content (AvgIpc) is 2.71. The molecule has 2 rings (SSSR count). The minimum atomic E-state index is 0.368. The second-order valence-corrected chi connectivity index (χ2v) is 5.10. The fraction of sp³-hybridized carbons (Fsp3) is 0.167. The van der Waals surface area contributed by atoms with Crippen LogP contribution in [0.1, 0.15) is 4.88 Å². The van der Waals surface area contributed by atoms with Gasteiger partial charge in [0.1, 0.15) is 15.4 Å². The summed E-state index contributed by atoms with van der Waals surface area (Å²) in [5.74, 6) is 0.789. The summed E-state index contributed by atoms with van der Waals surface area (Å²) in [6.45, 7) is 0. The number of rotatable bonds is 3. The van der Waals surface area contributed by atoms with Crippen LogP contribution in [-0.4, -0.2) is 12.1 Å². The van der Waals surface area contributed by atoms with E-state index in [2.05, 4.69) is 27.0 Å². The molecule has 0 spiro atoms. The molecule has 0 radical (unpaired) electrons. The Morgan fingerprint density at radius 3 is 2.94 bits per heavy atom. The number of methoxy groups -OCH3 is 1. The molecule has 17 heavy (non-hydrogen) atoms. The van der Waals surface area contributed by atoms with Crippen molar-refractivity contribution < 1.29 is 4.74 Å². The van der Waals surface area contributed by atoms with Crippen LogP contribution >= 0.6 is 27.3 Å². The van der Waals surface area contributed by atoms with Crippen molar-refractivity contribution in [1.82, 2.24) is 4.98 Å². The maximum atomic E-state index is 8.71. The highest BCUT2D eigenvalue weighted by atomic mass is 79.9. The number of para-hydroxylation sites is 1. The van der Waals surface area contributed by atoms with Gasteiger partial charge in [-0.3, -0.25) is 0 Å². The summed E-state index contributed by atoms with van der Waals surface area (Å²) in [7, 11) is 1.64. The van der Waals surface area contributed by atoms with Gasteiger partial charge in [0, 0.05) is 0 Å². The van der Waals surface area contributed by atoms with E-state index in [0.29, 0.717) is 6.42 Å². The highest BCUT2D eigenvalue weighted by Gasteiger charge is 2.13. The third kappa shape index (κ3) is 2.48. The van der Waals surface area contributed by atoms with E-state index in [1.807, 2.05) is 24.3 Å². The molecule has 1 heterocycles. The molecule has 1 aromatic heterocycles. The van der Waals surface area contributed by atoms with Crippen LogP contribution in [0.2, 0.25) is 0 Å². The van der Waals surface area contributed by atoms with E-state index in [0.717, 1.165) is 25.8 Å². The van der Waals surface area contributed by atoms with Crippen LogP contribution in [0.25, 0.3) is 10.6 Å². The second-order valence-electron chi connectivity index (χ2n) is 3.27. The van der Waals surface area contributed by atoms with Crippen LogP contribution in [0.4, 0.5) is 0 Å². The largest absolute Gasteiger partial charge is 0.496 e. The summed E-state index contributed by atoms with van der Waals surface area (Å²) in [4.78, 5) is 5.35. The quantitative estimate of drug-likeness (QED) is 0.869. The SMILES string of the molecule is COc1ccccc1-c1nc(Br)c(CC#N)s1. The molecular formula is C12H9BrN2OS. The van der Waals surface area contributed by atoms with E-state index in [-0.39, 0.29) is 0 Å². The topological polar surface area (TPSA) is 45.9 Å². The summed E-state index contributed by atoms with van der Waals surface area (Å²) in [5.41, 5.74) is 0.949. The van der Waals surface area contributed by atoms with Crippen molar-refractivity contribution in [1.29, 1.82) is 5.26 Å². The molecule has 0 saturated heterocycles. The van der Waals surface area contributed by atoms with E-state index < -0.39 is 0 Å². The van der Waals surface area contributed by atoms with Crippen molar-refractivity contribution >= 4 is 27.3 Å². The van der Waals surface area contributed by atoms with E-state index in [1.165, 1.54) is 11.3 Å². The van der Waals surface area contributed by atoms with E-state index in [4.69, 9.17) is 10.00 Å². The van der Waals surface area contributed by atoms with Gasteiger partial charge in [0.2, 0.25) is 0 Å². The molecule has 86 valence electrons. The fourth-order valence-corrected chi connectivity index (χ4v) is 3.04. The lowest BCUT2D eigenvalue weighted by molar-refractivity contribution is 0.416. The van der Waals surface area contributed by atoms with Gasteiger partial charge < -0.3 is 4.74 Å². The Labute approximate surface area is 112 Å². The Morgan fingerprint density at radius 2 is 2.24 bits per heavy atom. The average molecular weight is 309 g/mol. The van der Waals surface area contributed by atoms with E-state index in [9.17, 15) is 0 Å². The van der Waals surface area contributed by atoms with E-state index >= 15 is 0 Å². The van der Waals surface area contributed by atoms with Crippen molar-refractivity contribution in [2.45, 2.75) is 6.42 Å². The van der Waals surface area contributed by atoms with Gasteiger partial charge in [0.25, 0.3) is 0 Å². The number of hydrogen-bond acceptors (Lipinski definition) is 4. The summed E-state index contributed by atoms with van der Waals surface area (Å²) < 4.78 is 6.04. The highest BCUT2D eigenvalue weighted by molar-refractivity contribution is 9.10. The summed E-state index contributed by atoms with van der Waals surface area (Å²) in [6, 6.07) is 9.84. The lowest BCUT2D eigenvalue weighted by atomic mass is 10.2. The number of halogens is 1. The second kappa shape index (κ2) is 5.30. The summed E-state index contributed by atoms with van der Waals surface area (Å²) in [5, 5.41) is 9.57. The van der Waals surface area contributed by atoms with Crippen LogP contribution in [0.15, 0.2) is 28.9 Å². The van der Waals surface area contributed by atoms with Crippen molar-refractivity contribution in [2.75, 3.05) is 7.11 Å². The Bertz CT molecular complexity index is 574. The number of nitriles is 1. The zero-order chi connectivity index (χ0) is 12.3. The van der Waals surface area contributed by atoms with Gasteiger partial charge in [-0.2, -0.15) is 5.26 Å². The van der Waals surface area contributed by atoms with Crippen LogP contribution < -0.4 is 4.74 Å². The molecule has 5 heteroatoms. The zero-order valence-electron chi connectivity index (χ0n) is 9.11. The molecular weight excluding hydrogens is 300 g/mol. The first-order valence-corrected chi connectivity index (χ1v) is 6.52. The van der Waals surface area contributed by atoms with Crippen molar-refractivity contribution in [2.24, 2.45) is 0 Å². The molecule has 3 nitrogen and oxygen atoms in total. The Morgan fingerprint density at radius 1 is 1.47 bits per heavy atom. The maximum absolute atomic E-state index is 8.71. The van der Waals surface area contributed by atoms with Gasteiger partial charge in [0.05, 0.1) is 30.0 Å². The Balaban J connectivity index is 2.47. The molecule has 0 amide bonds. The predicted molar refractivity (Wildman–Crippen MR) is 71.1 cm³/mol. The number of hydrogen-bond donors (Lipinski definition) is 0. The van der Waals surface area contributed by atoms with Crippen LogP contribution in [0, 0.1) is 11.3 Å². The van der Waals surface area contributed by atoms with Crippen molar-refractivity contribution in [3.63, 3.8) is 0 Å². The molecule has 0 bridgehead atoms. The van der Waals surface area contributed by atoms with Gasteiger partial charge in [-0.05, 0) is 28.1 Å². The highest BCUT2D eigenvalue weighted by Crippen LogP contribution is 2.36. The number of thiazole rings is 1. The van der Waals surface area contributed by atoms with Crippen LogP contribution in [0.5, 0.6) is 5.75 Å². The third-order valence-electron chi connectivity index (χ3n) is 2.23. The molecule has 0 N–H and O–H groups in total. The lowest BCUT2D eigenvalue weighted by Gasteiger charge is -2.04. The fourth-order valence-electron chi connectivity index (χ4n) is 1.45. The molecule has 0 fully saturated rings. The number of ether oxygens (including phenoxy) is 1. The molecule has 0 aliphatic carbocycles. The molecule has 0 aliphatic rings. The molecule has 0 aliphatic heterocycles. The Kier molecular flexibility index (Phi) is 3.77. The first-order chi connectivity index (χ1) is 8.26. The van der Waals surface area contributed by atoms with Gasteiger partial charge in [0.15, 0.2) is 0 Å². The Hall–Kier alpha value is -1.38. The summed E-state index contributed by atoms with van der Waals surface area (Å²) >= 11 is 4.88. The summed E-state index contributed by atoms with van der Waals surface area (Å²) in [6.07, 6.45) is 0.368. The van der Waals surface area contributed by atoms with Crippen LogP contribution in [-0.2, 0) is 6.42 Å². The molecule has 0 unspecified atom stereocenters. The molecule has 1 aromatic carbocycles. The molecule has 2 aromatic rings. The van der Waals surface area contributed by atoms with Crippen molar-refractivity contribution in [3.05, 3.63) is 33.7 Å². The number of aromatic nitrogens is 1. The predicted octanol–water partition coefficient (Wildman–Crippen LogP) is 3.65. The number of nitrogens with zero attached hydrogens (tertiary/aromatic N) is 2. The third-order valence-corrected chi connectivity index (χ3v) is 4.23. The monoisotopic (exact) mass is 308 g/mol. The lowest BCUT2D eigenvalue weighted by Crippen LogP contribution is -1.86. The number of benzene rings is 1. The minimum Gasteiger partial charge on any atom is -0.496 e. The standard InChI is InChI=1S/C12H9BrN2OS/c1-16-9-5-3-2-4-8(9)12-15-11(13)10(17-12)6-7-14/h2-5H,6H2,1H3. The van der Waals surface area contributed by atoms with Gasteiger partial charge >= 0.3 is 0 Å². The van der Waals surface area contributed by atoms with Gasteiger partial charge in [-0.15, -0.1) is 11.3 Å². The molecule has 0 atom stereocenters. The zero-order valence-corrected chi connectivity index (χ0v) is 11.5. The normalized spacial score (nSPS) is 9.94. The molecule has 0 saturated carbocycles. The minimum absolute atomic E-state index is 0.368. The first kappa shape index (κ1) is 12.1. The van der Waals surface area contributed by atoms with Gasteiger partial charge in [-0.25, -0.2) is 4.98 Å². The smallest absolute Gasteiger partial charge is 0.129 e. The van der Waals surface area contributed by atoms with E-state index in [1.54, 1.807) is 7.11 Å². The van der Waals surface area contributed by atoms with Crippen molar-refractivity contribution in [3.8, 4) is 22.4 Å². The maximum Gasteiger partial charge on any atom is 0.129 e. The van der Waals surface area contributed by atoms with Crippen LogP contribution in [0.3, 0.4) is 0 Å². The first-order valence-electron chi connectivity index (χ1n) is 4.91.